The first-order valence-electron chi connectivity index (χ1n) is 34.0. The second-order valence-corrected chi connectivity index (χ2v) is 25.5. The number of alkyl halides is 9. The molecule has 4 heterocycles. The van der Waals surface area contributed by atoms with Crippen LogP contribution in [0.15, 0.2) is 152 Å². The van der Waals surface area contributed by atoms with Gasteiger partial charge in [-0.3, -0.25) is 24.0 Å². The number of nitrogens with one attached hydrogen (secondary N) is 1. The van der Waals surface area contributed by atoms with Gasteiger partial charge in [-0.05, 0) is 252 Å². The second-order valence-electron chi connectivity index (χ2n) is 25.2. The number of ether oxygens (including phenoxy) is 6. The number of ketones is 1. The Morgan fingerprint density at radius 3 is 1.16 bits per heavy atom. The Labute approximate surface area is 618 Å². The number of benzene rings is 8. The number of hydrogen-bond donors (Lipinski definition) is 3. The molecule has 0 saturated heterocycles. The van der Waals surface area contributed by atoms with Crippen molar-refractivity contribution in [2.45, 2.75) is 82.7 Å². The van der Waals surface area contributed by atoms with Crippen molar-refractivity contribution in [2.75, 3.05) is 95.0 Å². The van der Waals surface area contributed by atoms with Gasteiger partial charge < -0.3 is 58.7 Å². The number of nitrogens with zero attached hydrogens (tertiary/aromatic N) is 3. The van der Waals surface area contributed by atoms with E-state index in [2.05, 4.69) is 11.4 Å². The highest BCUT2D eigenvalue weighted by atomic mass is 35.5. The lowest BCUT2D eigenvalue weighted by molar-refractivity contribution is -0.185. The van der Waals surface area contributed by atoms with Crippen LogP contribution in [0.25, 0.3) is 0 Å². The predicted molar refractivity (Wildman–Crippen MR) is 384 cm³/mol. The van der Waals surface area contributed by atoms with Gasteiger partial charge in [0.1, 0.15) is 46.0 Å². The zero-order chi connectivity index (χ0) is 77.8. The minimum atomic E-state index is -4.90. The van der Waals surface area contributed by atoms with Crippen LogP contribution in [0.4, 0.5) is 39.5 Å². The van der Waals surface area contributed by atoms with Crippen molar-refractivity contribution in [1.29, 1.82) is 0 Å². The molecule has 0 saturated carbocycles. The monoisotopic (exact) mass is 1510 g/mol. The number of amides is 3. The van der Waals surface area contributed by atoms with Crippen molar-refractivity contribution < 1.29 is 102 Å². The molecule has 3 N–H and O–H groups in total. The molecule has 0 fully saturated rings. The summed E-state index contributed by atoms with van der Waals surface area (Å²) < 4.78 is 145. The van der Waals surface area contributed by atoms with E-state index < -0.39 is 41.5 Å². The number of phenols is 2. The van der Waals surface area contributed by atoms with E-state index in [1.807, 2.05) is 66.7 Å². The van der Waals surface area contributed by atoms with E-state index in [9.17, 15) is 73.7 Å². The van der Waals surface area contributed by atoms with Gasteiger partial charge in [0.2, 0.25) is 0 Å². The molecule has 0 radical (unpaired) electrons. The Hall–Kier alpha value is -10.5. The third-order valence-electron chi connectivity index (χ3n) is 18.4. The van der Waals surface area contributed by atoms with Crippen molar-refractivity contribution in [3.05, 3.63) is 235 Å². The normalized spacial score (nSPS) is 14.0. The molecule has 8 aromatic carbocycles. The smallest absolute Gasteiger partial charge is 0.471 e. The van der Waals surface area contributed by atoms with E-state index in [-0.39, 0.29) is 63.6 Å². The molecule has 0 spiro atoms. The summed E-state index contributed by atoms with van der Waals surface area (Å²) in [6, 6.07) is 44.7. The molecular formula is C80H82ClF9N4O13. The van der Waals surface area contributed by atoms with Gasteiger partial charge in [0.05, 0.1) is 48.2 Å². The number of carbonyl (C=O) groups excluding carboxylic acids is 5. The summed E-state index contributed by atoms with van der Waals surface area (Å²) in [6.07, 6.45) is -9.15. The maximum Gasteiger partial charge on any atom is 0.471 e. The summed E-state index contributed by atoms with van der Waals surface area (Å²) in [5.41, 5.74) is 13.2. The van der Waals surface area contributed by atoms with Crippen molar-refractivity contribution in [3.63, 3.8) is 0 Å². The summed E-state index contributed by atoms with van der Waals surface area (Å²) in [6.45, 7) is 2.15. The van der Waals surface area contributed by atoms with E-state index >= 15 is 0 Å². The highest BCUT2D eigenvalue weighted by molar-refractivity contribution is 6.67. The van der Waals surface area contributed by atoms with Crippen LogP contribution in [-0.2, 0) is 78.6 Å². The molecule has 0 unspecified atom stereocenters. The average molecular weight is 1510 g/mol. The SMILES string of the molecule is COc1ccc(C(=O)Cl)cc1.COc1ccc(C(=O)c2cc3c(cc2OC)CCN(C(=O)C(F)(F)F)CC3)cc1.COc1ccc(Cc2cc3c(cc2OC)CCN(C(=O)C(F)(F)F)CC3)cc1.COc1ccc2c(c1)CCN(C(=O)C(F)(F)F)CC2.Oc1ccc(Cc2cc3c(cc2O)CCNCC3)cc1. The summed E-state index contributed by atoms with van der Waals surface area (Å²) in [5, 5.41) is 22.4. The fraction of sp³-hybridized carbons (Fsp3) is 0.338. The number of fused-ring (bicyclic) bond motifs is 4. The van der Waals surface area contributed by atoms with Gasteiger partial charge in [-0.15, -0.1) is 0 Å². The zero-order valence-electron chi connectivity index (χ0n) is 59.7. The van der Waals surface area contributed by atoms with Crippen LogP contribution >= 0.6 is 11.6 Å². The molecular weight excluding hydrogens is 1430 g/mol. The first kappa shape index (κ1) is 82.2. The minimum absolute atomic E-state index is 0.0414. The van der Waals surface area contributed by atoms with Crippen LogP contribution in [0.2, 0.25) is 0 Å². The number of hydrogen-bond acceptors (Lipinski definition) is 14. The van der Waals surface area contributed by atoms with Gasteiger partial charge in [-0.25, -0.2) is 0 Å². The van der Waals surface area contributed by atoms with E-state index in [0.29, 0.717) is 89.7 Å². The van der Waals surface area contributed by atoms with Crippen LogP contribution in [-0.4, -0.2) is 167 Å². The van der Waals surface area contributed by atoms with Crippen LogP contribution in [0.3, 0.4) is 0 Å². The molecule has 3 amide bonds. The van der Waals surface area contributed by atoms with Crippen molar-refractivity contribution in [1.82, 2.24) is 20.0 Å². The predicted octanol–water partition coefficient (Wildman–Crippen LogP) is 13.8. The molecule has 0 aliphatic carbocycles. The standard InChI is InChI=1S/C21H20F3NO4.C21H22F3NO3.C17H19NO2.C13H14F3NO2.C8H7ClO2/c1-28-16-5-3-13(4-6-16)19(26)17-11-14-7-9-25(20(27)21(22,23)24)10-8-15(14)12-18(17)29-2;1-27-18-5-3-14(4-6-18)11-17-12-15-7-9-25(20(26)21(22,23)24)10-8-16(15)13-19(17)28-2;19-16-3-1-12(2-4-16)9-15-10-13-5-7-18-8-6-14(13)11-17(15)20;1-19-11-3-2-9-4-6-17(7-5-10(9)8-11)12(18)13(14,15)16;1-11-7-4-2-6(3-5-7)8(9)10/h3-6,11-12H,7-10H2,1-2H3;3-6,12-13H,7-11H2,1-2H3;1-4,10-11,18-20H,5-9H2;2-3,8H,4-7H2,1H3;2-5H,1H3. The lowest BCUT2D eigenvalue weighted by atomic mass is 9.95. The maximum atomic E-state index is 13.0. The Morgan fingerprint density at radius 1 is 0.383 bits per heavy atom. The quantitative estimate of drug-likeness (QED) is 0.0559. The summed E-state index contributed by atoms with van der Waals surface area (Å²) >= 11 is 5.22. The molecule has 0 bridgehead atoms. The fourth-order valence-electron chi connectivity index (χ4n) is 12.5. The molecule has 0 atom stereocenters. The van der Waals surface area contributed by atoms with Crippen LogP contribution in [0.1, 0.15) is 93.0 Å². The summed E-state index contributed by atoms with van der Waals surface area (Å²) in [4.78, 5) is 60.5. The molecule has 107 heavy (non-hydrogen) atoms. The van der Waals surface area contributed by atoms with Gasteiger partial charge in [-0.1, -0.05) is 42.5 Å². The number of rotatable bonds is 13. The van der Waals surface area contributed by atoms with Crippen LogP contribution < -0.4 is 33.7 Å². The van der Waals surface area contributed by atoms with Gasteiger partial charge in [0.15, 0.2) is 5.78 Å². The molecule has 12 rings (SSSR count). The van der Waals surface area contributed by atoms with Crippen molar-refractivity contribution >= 4 is 40.3 Å². The highest BCUT2D eigenvalue weighted by Gasteiger charge is 2.45. The van der Waals surface area contributed by atoms with E-state index in [1.165, 1.54) is 32.5 Å². The average Bonchev–Trinajstić information content (AvgIpc) is 1.80. The molecule has 570 valence electrons. The summed E-state index contributed by atoms with van der Waals surface area (Å²) in [5.74, 6) is -1.17. The second kappa shape index (κ2) is 37.7. The number of carbonyl (C=O) groups is 5. The van der Waals surface area contributed by atoms with Gasteiger partial charge in [0, 0.05) is 63.2 Å². The maximum absolute atomic E-state index is 13.0. The molecule has 27 heteroatoms. The number of phenolic OH excluding ortho intramolecular Hbond substituents is 2. The third kappa shape index (κ3) is 23.0. The third-order valence-corrected chi connectivity index (χ3v) is 18.6. The van der Waals surface area contributed by atoms with Gasteiger partial charge in [-0.2, -0.15) is 39.5 Å². The van der Waals surface area contributed by atoms with E-state index in [0.717, 1.165) is 102 Å². The molecule has 4 aliphatic heterocycles. The Balaban J connectivity index is 0.000000174. The number of methoxy groups -OCH3 is 6. The Bertz CT molecular complexity index is 4370. The van der Waals surface area contributed by atoms with Crippen LogP contribution in [0.5, 0.6) is 46.0 Å². The fourth-order valence-corrected chi connectivity index (χ4v) is 12.7. The largest absolute Gasteiger partial charge is 0.508 e. The molecule has 8 aromatic rings. The van der Waals surface area contributed by atoms with Crippen LogP contribution in [0, 0.1) is 0 Å². The summed E-state index contributed by atoms with van der Waals surface area (Å²) in [7, 11) is 9.25. The lowest BCUT2D eigenvalue weighted by Crippen LogP contribution is -2.42. The molecule has 0 aromatic heterocycles. The first-order valence-corrected chi connectivity index (χ1v) is 34.4. The van der Waals surface area contributed by atoms with Crippen molar-refractivity contribution in [3.8, 4) is 46.0 Å². The lowest BCUT2D eigenvalue weighted by Gasteiger charge is -2.21. The van der Waals surface area contributed by atoms with Gasteiger partial charge in [0.25, 0.3) is 5.24 Å². The highest BCUT2D eigenvalue weighted by Crippen LogP contribution is 2.34. The Kier molecular flexibility index (Phi) is 28.9. The van der Waals surface area contributed by atoms with E-state index in [4.69, 9.17) is 40.0 Å². The number of halogens is 10. The van der Waals surface area contributed by atoms with Crippen molar-refractivity contribution in [2.24, 2.45) is 0 Å². The number of aromatic hydroxyl groups is 2. The topological polar surface area (TPSA) is 203 Å². The minimum Gasteiger partial charge on any atom is -0.508 e. The molecule has 17 nitrogen and oxygen atoms in total. The van der Waals surface area contributed by atoms with Gasteiger partial charge >= 0.3 is 36.3 Å². The first-order chi connectivity index (χ1) is 50.9. The molecule has 4 aliphatic rings. The van der Waals surface area contributed by atoms with E-state index in [1.54, 1.807) is 100 Å². The Morgan fingerprint density at radius 2 is 0.729 bits per heavy atom. The zero-order valence-corrected chi connectivity index (χ0v) is 60.4.